The highest BCUT2D eigenvalue weighted by Gasteiger charge is 2.47. The molecule has 5 rings (SSSR count). The largest absolute Gasteiger partial charge is 0.374 e. The van der Waals surface area contributed by atoms with Gasteiger partial charge in [-0.25, -0.2) is 0 Å². The zero-order chi connectivity index (χ0) is 28.1. The summed E-state index contributed by atoms with van der Waals surface area (Å²) in [6, 6.07) is 40.4. The highest BCUT2D eigenvalue weighted by Crippen LogP contribution is 2.41. The van der Waals surface area contributed by atoms with Gasteiger partial charge in [-0.3, -0.25) is 0 Å². The molecule has 41 heavy (non-hydrogen) atoms. The number of hydrogen-bond donors (Lipinski definition) is 0. The van der Waals surface area contributed by atoms with E-state index in [4.69, 9.17) is 18.9 Å². The Morgan fingerprint density at radius 3 is 1.66 bits per heavy atom. The molecule has 5 nitrogen and oxygen atoms in total. The van der Waals surface area contributed by atoms with Gasteiger partial charge >= 0.3 is 0 Å². The van der Waals surface area contributed by atoms with Gasteiger partial charge in [0.15, 0.2) is 0 Å². The van der Waals surface area contributed by atoms with Gasteiger partial charge in [0.05, 0.1) is 32.5 Å². The second-order valence-electron chi connectivity index (χ2n) is 10.1. The number of carbonyl (C=O) groups excluding carboxylic acids is 1. The Morgan fingerprint density at radius 1 is 0.634 bits per heavy atom. The summed E-state index contributed by atoms with van der Waals surface area (Å²) in [5, 5.41) is 0. The summed E-state index contributed by atoms with van der Waals surface area (Å²) in [5.41, 5.74) is 2.90. The van der Waals surface area contributed by atoms with Crippen LogP contribution in [-0.2, 0) is 43.6 Å². The summed E-state index contributed by atoms with van der Waals surface area (Å²) in [4.78, 5) is 13.1. The van der Waals surface area contributed by atoms with Crippen molar-refractivity contribution in [2.24, 2.45) is 5.92 Å². The second-order valence-corrected chi connectivity index (χ2v) is 11.2. The van der Waals surface area contributed by atoms with E-state index in [1.165, 1.54) is 0 Å². The SMILES string of the molecule is O=CC[C@@H]1[C@@H](OCc2ccccc2)[C@H](OCc2ccccc2)[C@@H](COCc2ccccc2)O[C@H]1Sc1ccccc1. The Hall–Kier alpha value is -3.26. The van der Waals surface area contributed by atoms with Crippen molar-refractivity contribution >= 4 is 18.0 Å². The number of aldehydes is 1. The predicted octanol–water partition coefficient (Wildman–Crippen LogP) is 7.10. The first-order valence-electron chi connectivity index (χ1n) is 14.0. The van der Waals surface area contributed by atoms with Crippen LogP contribution in [0.4, 0.5) is 0 Å². The summed E-state index contributed by atoms with van der Waals surface area (Å²) in [5.74, 6) is -0.215. The monoisotopic (exact) mass is 568 g/mol. The highest BCUT2D eigenvalue weighted by atomic mass is 32.2. The molecule has 1 heterocycles. The van der Waals surface area contributed by atoms with Gasteiger partial charge in [0.1, 0.15) is 23.9 Å². The van der Waals surface area contributed by atoms with Crippen molar-refractivity contribution < 1.29 is 23.7 Å². The number of rotatable bonds is 14. The molecule has 0 radical (unpaired) electrons. The van der Waals surface area contributed by atoms with Crippen molar-refractivity contribution in [2.75, 3.05) is 6.61 Å². The molecule has 1 aliphatic heterocycles. The van der Waals surface area contributed by atoms with Crippen molar-refractivity contribution in [1.29, 1.82) is 0 Å². The molecule has 0 aromatic heterocycles. The number of hydrogen-bond acceptors (Lipinski definition) is 6. The fourth-order valence-corrected chi connectivity index (χ4v) is 6.24. The Labute approximate surface area is 246 Å². The molecule has 4 aromatic rings. The van der Waals surface area contributed by atoms with E-state index in [0.717, 1.165) is 27.9 Å². The molecule has 6 heteroatoms. The van der Waals surface area contributed by atoms with Gasteiger partial charge in [0.2, 0.25) is 0 Å². The Morgan fingerprint density at radius 2 is 1.12 bits per heavy atom. The Bertz CT molecular complexity index is 1290. The molecular weight excluding hydrogens is 532 g/mol. The van der Waals surface area contributed by atoms with E-state index in [0.29, 0.717) is 32.8 Å². The molecule has 0 spiro atoms. The van der Waals surface area contributed by atoms with Crippen LogP contribution in [0.2, 0.25) is 0 Å². The van der Waals surface area contributed by atoms with Gasteiger partial charge in [-0.05, 0) is 28.8 Å². The Balaban J connectivity index is 1.42. The van der Waals surface area contributed by atoms with Crippen LogP contribution in [0.15, 0.2) is 126 Å². The number of carbonyl (C=O) groups is 1. The van der Waals surface area contributed by atoms with E-state index in [9.17, 15) is 4.79 Å². The van der Waals surface area contributed by atoms with E-state index in [1.54, 1.807) is 11.8 Å². The quantitative estimate of drug-likeness (QED) is 0.151. The summed E-state index contributed by atoms with van der Waals surface area (Å²) < 4.78 is 26.2. The van der Waals surface area contributed by atoms with Crippen LogP contribution in [-0.4, -0.2) is 36.6 Å². The maximum absolute atomic E-state index is 12.0. The van der Waals surface area contributed by atoms with Crippen LogP contribution < -0.4 is 0 Å². The van der Waals surface area contributed by atoms with Crippen molar-refractivity contribution in [1.82, 2.24) is 0 Å². The van der Waals surface area contributed by atoms with Gasteiger partial charge in [0.25, 0.3) is 0 Å². The summed E-state index contributed by atoms with van der Waals surface area (Å²) >= 11 is 1.62. The Kier molecular flexibility index (Phi) is 11.2. The van der Waals surface area contributed by atoms with Crippen LogP contribution in [0.25, 0.3) is 0 Å². The number of thioether (sulfide) groups is 1. The molecule has 1 aliphatic rings. The normalized spacial score (nSPS) is 22.3. The fourth-order valence-electron chi connectivity index (χ4n) is 5.02. The molecule has 1 saturated heterocycles. The molecule has 0 aliphatic carbocycles. The molecular formula is C35H36O5S. The lowest BCUT2D eigenvalue weighted by Gasteiger charge is -2.46. The lowest BCUT2D eigenvalue weighted by molar-refractivity contribution is -0.227. The van der Waals surface area contributed by atoms with E-state index >= 15 is 0 Å². The molecule has 212 valence electrons. The minimum atomic E-state index is -0.438. The lowest BCUT2D eigenvalue weighted by atomic mass is 9.89. The minimum Gasteiger partial charge on any atom is -0.374 e. The van der Waals surface area contributed by atoms with Crippen molar-refractivity contribution in [3.05, 3.63) is 138 Å². The first-order chi connectivity index (χ1) is 20.3. The second kappa shape index (κ2) is 15.7. The lowest BCUT2D eigenvalue weighted by Crippen LogP contribution is -2.57. The van der Waals surface area contributed by atoms with Crippen molar-refractivity contribution in [3.63, 3.8) is 0 Å². The molecule has 0 saturated carbocycles. The van der Waals surface area contributed by atoms with Crippen LogP contribution in [0, 0.1) is 5.92 Å². The molecule has 5 atom stereocenters. The highest BCUT2D eigenvalue weighted by molar-refractivity contribution is 7.99. The first kappa shape index (κ1) is 29.2. The molecule has 1 fully saturated rings. The third-order valence-corrected chi connectivity index (χ3v) is 8.34. The zero-order valence-corrected chi connectivity index (χ0v) is 23.8. The van der Waals surface area contributed by atoms with Crippen LogP contribution in [0.1, 0.15) is 23.1 Å². The van der Waals surface area contributed by atoms with E-state index in [2.05, 4.69) is 12.1 Å². The van der Waals surface area contributed by atoms with Gasteiger partial charge in [-0.1, -0.05) is 121 Å². The first-order valence-corrected chi connectivity index (χ1v) is 14.9. The average molecular weight is 569 g/mol. The number of ether oxygens (including phenoxy) is 4. The minimum absolute atomic E-state index is 0.215. The van der Waals surface area contributed by atoms with Crippen LogP contribution in [0.3, 0.4) is 0 Å². The van der Waals surface area contributed by atoms with Crippen molar-refractivity contribution in [3.8, 4) is 0 Å². The zero-order valence-electron chi connectivity index (χ0n) is 23.0. The summed E-state index contributed by atoms with van der Waals surface area (Å²) in [6.45, 7) is 1.61. The molecule has 0 bridgehead atoms. The van der Waals surface area contributed by atoms with Crippen LogP contribution in [0.5, 0.6) is 0 Å². The standard InChI is InChI=1S/C35H36O5S/c36-22-21-31-33(38-24-28-15-7-2-8-16-28)34(39-25-29-17-9-3-10-18-29)32(26-37-23-27-13-5-1-6-14-27)40-35(31)41-30-19-11-4-12-20-30/h1-20,22,31-35H,21,23-26H2/t31-,32-,33-,34-,35+/m1/s1. The van der Waals surface area contributed by atoms with E-state index in [1.807, 2.05) is 109 Å². The van der Waals surface area contributed by atoms with Gasteiger partial charge in [-0.2, -0.15) is 0 Å². The topological polar surface area (TPSA) is 54.0 Å². The van der Waals surface area contributed by atoms with Crippen molar-refractivity contribution in [2.45, 2.75) is 54.9 Å². The third kappa shape index (κ3) is 8.62. The average Bonchev–Trinajstić information content (AvgIpc) is 3.03. The smallest absolute Gasteiger partial charge is 0.120 e. The van der Waals surface area contributed by atoms with E-state index in [-0.39, 0.29) is 17.5 Å². The maximum Gasteiger partial charge on any atom is 0.120 e. The van der Waals surface area contributed by atoms with Gasteiger partial charge < -0.3 is 23.7 Å². The third-order valence-electron chi connectivity index (χ3n) is 7.10. The van der Waals surface area contributed by atoms with Crippen LogP contribution >= 0.6 is 11.8 Å². The number of benzene rings is 4. The maximum atomic E-state index is 12.0. The molecule has 0 amide bonds. The summed E-state index contributed by atoms with van der Waals surface area (Å²) in [6.07, 6.45) is 0.0441. The summed E-state index contributed by atoms with van der Waals surface area (Å²) in [7, 11) is 0. The van der Waals surface area contributed by atoms with E-state index < -0.39 is 12.2 Å². The molecule has 4 aromatic carbocycles. The molecule has 0 N–H and O–H groups in total. The fraction of sp³-hybridized carbons (Fsp3) is 0.286. The predicted molar refractivity (Wildman–Crippen MR) is 161 cm³/mol. The van der Waals surface area contributed by atoms with Gasteiger partial charge in [0, 0.05) is 17.2 Å². The molecule has 0 unspecified atom stereocenters. The van der Waals surface area contributed by atoms with Gasteiger partial charge in [-0.15, -0.1) is 0 Å².